The van der Waals surface area contributed by atoms with Gasteiger partial charge in [-0.15, -0.1) is 0 Å². The Morgan fingerprint density at radius 1 is 1.27 bits per heavy atom. The summed E-state index contributed by atoms with van der Waals surface area (Å²) in [5.74, 6) is 0.394. The van der Waals surface area contributed by atoms with Gasteiger partial charge in [-0.1, -0.05) is 20.8 Å². The molecule has 0 radical (unpaired) electrons. The number of sulfonamides is 1. The lowest BCUT2D eigenvalue weighted by atomic mass is 9.68. The fourth-order valence-corrected chi connectivity index (χ4v) is 6.47. The summed E-state index contributed by atoms with van der Waals surface area (Å²) in [4.78, 5) is 13.3. The lowest BCUT2D eigenvalue weighted by molar-refractivity contribution is 0.0737. The van der Waals surface area contributed by atoms with E-state index in [0.717, 1.165) is 17.1 Å². The van der Waals surface area contributed by atoms with Crippen molar-refractivity contribution in [3.8, 4) is 0 Å². The second-order valence-electron chi connectivity index (χ2n) is 9.74. The van der Waals surface area contributed by atoms with Gasteiger partial charge in [0.05, 0.1) is 12.3 Å². The molecule has 2 aliphatic rings. The fraction of sp³-hybridized carbons (Fsp3) is 0.682. The molecule has 2 aliphatic carbocycles. The highest BCUT2D eigenvalue weighted by Gasteiger charge is 2.59. The molecule has 1 aromatic rings. The smallest absolute Gasteiger partial charge is 0.251 e. The summed E-state index contributed by atoms with van der Waals surface area (Å²) in [7, 11) is 0.838. The Hall–Kier alpha value is -1.64. The number of ether oxygens (including phenoxy) is 1. The van der Waals surface area contributed by atoms with Crippen LogP contribution in [0.5, 0.6) is 0 Å². The van der Waals surface area contributed by atoms with Crippen LogP contribution >= 0.6 is 0 Å². The first kappa shape index (κ1) is 23.0. The molecule has 8 heteroatoms. The molecular weight excluding hydrogens is 402 g/mol. The topological polar surface area (TPSA) is 87.7 Å². The van der Waals surface area contributed by atoms with Gasteiger partial charge in [-0.05, 0) is 54.2 Å². The predicted octanol–water partition coefficient (Wildman–Crippen LogP) is 2.94. The van der Waals surface area contributed by atoms with Crippen molar-refractivity contribution in [2.45, 2.75) is 51.0 Å². The fourth-order valence-electron chi connectivity index (χ4n) is 5.38. The number of anilines is 1. The summed E-state index contributed by atoms with van der Waals surface area (Å²) < 4.78 is 32.0. The SMILES string of the molecule is COCCNc1ccc(C(=O)NC2C3(C)CC[C@H](C3)C2(C)C)cc1S(=O)(=O)N(C)C. The Kier molecular flexibility index (Phi) is 6.24. The van der Waals surface area contributed by atoms with Crippen molar-refractivity contribution in [3.05, 3.63) is 23.8 Å². The average molecular weight is 438 g/mol. The van der Waals surface area contributed by atoms with Gasteiger partial charge in [-0.2, -0.15) is 0 Å². The minimum Gasteiger partial charge on any atom is -0.383 e. The van der Waals surface area contributed by atoms with Gasteiger partial charge in [0.25, 0.3) is 5.91 Å². The number of fused-ring (bicyclic) bond motifs is 2. The summed E-state index contributed by atoms with van der Waals surface area (Å²) in [5, 5.41) is 6.34. The number of rotatable bonds is 8. The Morgan fingerprint density at radius 3 is 2.53 bits per heavy atom. The normalized spacial score (nSPS) is 27.4. The number of nitrogens with zero attached hydrogens (tertiary/aromatic N) is 1. The molecule has 0 spiro atoms. The lowest BCUT2D eigenvalue weighted by Crippen LogP contribution is -2.52. The molecule has 0 aromatic heterocycles. The Balaban J connectivity index is 1.89. The monoisotopic (exact) mass is 437 g/mol. The first-order chi connectivity index (χ1) is 13.9. The van der Waals surface area contributed by atoms with Crippen molar-refractivity contribution in [1.29, 1.82) is 0 Å². The van der Waals surface area contributed by atoms with E-state index < -0.39 is 10.0 Å². The molecule has 0 aliphatic heterocycles. The van der Waals surface area contributed by atoms with E-state index in [1.165, 1.54) is 26.6 Å². The van der Waals surface area contributed by atoms with E-state index in [1.54, 1.807) is 19.2 Å². The van der Waals surface area contributed by atoms with Crippen molar-refractivity contribution in [2.24, 2.45) is 16.7 Å². The van der Waals surface area contributed by atoms with Crippen LogP contribution in [0.4, 0.5) is 5.69 Å². The molecule has 0 saturated heterocycles. The third-order valence-corrected chi connectivity index (χ3v) is 9.02. The van der Waals surface area contributed by atoms with Crippen LogP contribution < -0.4 is 10.6 Å². The molecule has 2 N–H and O–H groups in total. The molecule has 7 nitrogen and oxygen atoms in total. The minimum absolute atomic E-state index is 0.0306. The van der Waals surface area contributed by atoms with E-state index in [-0.39, 0.29) is 27.7 Å². The van der Waals surface area contributed by atoms with Gasteiger partial charge in [0.15, 0.2) is 0 Å². The lowest BCUT2D eigenvalue weighted by Gasteiger charge is -2.43. The number of benzene rings is 1. The van der Waals surface area contributed by atoms with Crippen molar-refractivity contribution in [3.63, 3.8) is 0 Å². The summed E-state index contributed by atoms with van der Waals surface area (Å²) in [6.45, 7) is 7.64. The van der Waals surface area contributed by atoms with Crippen molar-refractivity contribution in [2.75, 3.05) is 39.7 Å². The van der Waals surface area contributed by atoms with E-state index in [9.17, 15) is 13.2 Å². The van der Waals surface area contributed by atoms with Gasteiger partial charge in [0, 0.05) is 39.4 Å². The highest BCUT2D eigenvalue weighted by Crippen LogP contribution is 2.62. The van der Waals surface area contributed by atoms with Crippen molar-refractivity contribution in [1.82, 2.24) is 9.62 Å². The van der Waals surface area contributed by atoms with E-state index in [2.05, 4.69) is 31.4 Å². The van der Waals surface area contributed by atoms with Crippen molar-refractivity contribution < 1.29 is 17.9 Å². The third kappa shape index (κ3) is 3.97. The molecule has 0 heterocycles. The summed E-state index contributed by atoms with van der Waals surface area (Å²) >= 11 is 0. The van der Waals surface area contributed by atoms with E-state index in [1.807, 2.05) is 0 Å². The third-order valence-electron chi connectivity index (χ3n) is 7.17. The van der Waals surface area contributed by atoms with Gasteiger partial charge in [-0.3, -0.25) is 4.79 Å². The van der Waals surface area contributed by atoms with Crippen LogP contribution in [0.15, 0.2) is 23.1 Å². The van der Waals surface area contributed by atoms with E-state index in [4.69, 9.17) is 4.74 Å². The zero-order valence-corrected chi connectivity index (χ0v) is 19.7. The van der Waals surface area contributed by atoms with Gasteiger partial charge in [0.1, 0.15) is 4.90 Å². The maximum atomic E-state index is 13.2. The summed E-state index contributed by atoms with van der Waals surface area (Å²) in [6, 6.07) is 4.89. The van der Waals surface area contributed by atoms with Gasteiger partial charge < -0.3 is 15.4 Å². The number of carbonyl (C=O) groups is 1. The number of methoxy groups -OCH3 is 1. The summed E-state index contributed by atoms with van der Waals surface area (Å²) in [5.41, 5.74) is 0.951. The first-order valence-corrected chi connectivity index (χ1v) is 12.0. The number of nitrogens with one attached hydrogen (secondary N) is 2. The van der Waals surface area contributed by atoms with Gasteiger partial charge in [0.2, 0.25) is 10.0 Å². The highest BCUT2D eigenvalue weighted by atomic mass is 32.2. The van der Waals surface area contributed by atoms with Crippen LogP contribution in [0.25, 0.3) is 0 Å². The molecule has 2 saturated carbocycles. The molecule has 30 heavy (non-hydrogen) atoms. The molecule has 1 aromatic carbocycles. The number of hydrogen-bond donors (Lipinski definition) is 2. The average Bonchev–Trinajstić information content (AvgIpc) is 3.16. The maximum Gasteiger partial charge on any atom is 0.251 e. The highest BCUT2D eigenvalue weighted by molar-refractivity contribution is 7.89. The minimum atomic E-state index is -3.72. The zero-order valence-electron chi connectivity index (χ0n) is 18.9. The number of carbonyl (C=O) groups excluding carboxylic acids is 1. The quantitative estimate of drug-likeness (QED) is 0.611. The first-order valence-electron chi connectivity index (χ1n) is 10.5. The van der Waals surface area contributed by atoms with Crippen LogP contribution in [0.3, 0.4) is 0 Å². The number of amides is 1. The van der Waals surface area contributed by atoms with Gasteiger partial charge in [-0.25, -0.2) is 12.7 Å². The van der Waals surface area contributed by atoms with Crippen LogP contribution in [0.2, 0.25) is 0 Å². The zero-order chi connectivity index (χ0) is 22.3. The second-order valence-corrected chi connectivity index (χ2v) is 11.9. The van der Waals surface area contributed by atoms with Gasteiger partial charge >= 0.3 is 0 Å². The molecule has 3 rings (SSSR count). The second kappa shape index (κ2) is 8.13. The Labute approximate surface area is 180 Å². The maximum absolute atomic E-state index is 13.2. The van der Waals surface area contributed by atoms with Crippen LogP contribution in [-0.2, 0) is 14.8 Å². The Morgan fingerprint density at radius 2 is 1.97 bits per heavy atom. The standard InChI is InChI=1S/C22H35N3O4S/c1-21(2)16-9-10-22(3,14-16)20(21)24-19(26)15-7-8-17(23-11-12-29-6)18(13-15)30(27,28)25(4)5/h7-8,13,16,20,23H,9-12,14H2,1-6H3,(H,24,26)/t16-,20?,22?/m1/s1. The molecule has 2 unspecified atom stereocenters. The summed E-state index contributed by atoms with van der Waals surface area (Å²) in [6.07, 6.45) is 3.46. The van der Waals surface area contributed by atoms with E-state index in [0.29, 0.717) is 30.3 Å². The van der Waals surface area contributed by atoms with Crippen molar-refractivity contribution >= 4 is 21.6 Å². The number of hydrogen-bond acceptors (Lipinski definition) is 5. The molecule has 2 bridgehead atoms. The van der Waals surface area contributed by atoms with Crippen LogP contribution in [0, 0.1) is 16.7 Å². The Bertz CT molecular complexity index is 908. The van der Waals surface area contributed by atoms with E-state index >= 15 is 0 Å². The molecule has 3 atom stereocenters. The molecule has 168 valence electrons. The van der Waals surface area contributed by atoms with Crippen LogP contribution in [-0.4, -0.2) is 59.0 Å². The molecular formula is C22H35N3O4S. The predicted molar refractivity (Wildman–Crippen MR) is 118 cm³/mol. The largest absolute Gasteiger partial charge is 0.383 e. The molecule has 1 amide bonds. The van der Waals surface area contributed by atoms with Crippen LogP contribution in [0.1, 0.15) is 50.4 Å². The molecule has 2 fully saturated rings.